The van der Waals surface area contributed by atoms with Crippen molar-refractivity contribution in [3.63, 3.8) is 0 Å². The first kappa shape index (κ1) is 25.1. The summed E-state index contributed by atoms with van der Waals surface area (Å²) < 4.78 is 5.86. The average molecular weight is 471 g/mol. The molecule has 0 aromatic heterocycles. The first-order valence-electron chi connectivity index (χ1n) is 14.8. The number of esters is 1. The average Bonchev–Trinajstić information content (AvgIpc) is 2.74. The van der Waals surface area contributed by atoms with Gasteiger partial charge in [-0.2, -0.15) is 0 Å². The van der Waals surface area contributed by atoms with Crippen LogP contribution in [0.25, 0.3) is 0 Å². The van der Waals surface area contributed by atoms with E-state index in [9.17, 15) is 4.79 Å². The molecular formula is C32H54O2. The maximum absolute atomic E-state index is 11.8. The van der Waals surface area contributed by atoms with Gasteiger partial charge < -0.3 is 4.74 Å². The molecule has 0 N–H and O–H groups in total. The van der Waals surface area contributed by atoms with E-state index in [2.05, 4.69) is 55.4 Å². The second kappa shape index (κ2) is 7.50. The molecule has 0 radical (unpaired) electrons. The fourth-order valence-corrected chi connectivity index (χ4v) is 11.7. The van der Waals surface area contributed by atoms with Gasteiger partial charge in [0.25, 0.3) is 0 Å². The van der Waals surface area contributed by atoms with Gasteiger partial charge in [0.15, 0.2) is 0 Å². The van der Waals surface area contributed by atoms with Gasteiger partial charge in [0, 0.05) is 6.92 Å². The minimum atomic E-state index is -0.0968. The summed E-state index contributed by atoms with van der Waals surface area (Å²) in [5, 5.41) is 0. The Hall–Kier alpha value is -0.530. The second-order valence-electron chi connectivity index (χ2n) is 16.1. The lowest BCUT2D eigenvalue weighted by molar-refractivity contribution is -0.263. The summed E-state index contributed by atoms with van der Waals surface area (Å²) in [6, 6.07) is 0. The third-order valence-electron chi connectivity index (χ3n) is 14.2. The summed E-state index contributed by atoms with van der Waals surface area (Å²) in [4.78, 5) is 11.8. The van der Waals surface area contributed by atoms with Gasteiger partial charge in [-0.05, 0) is 127 Å². The van der Waals surface area contributed by atoms with Crippen molar-refractivity contribution in [1.29, 1.82) is 0 Å². The van der Waals surface area contributed by atoms with E-state index in [-0.39, 0.29) is 12.1 Å². The first-order valence-corrected chi connectivity index (χ1v) is 14.8. The molecule has 194 valence electrons. The molecule has 5 aliphatic carbocycles. The molecule has 0 aromatic carbocycles. The van der Waals surface area contributed by atoms with E-state index in [1.165, 1.54) is 64.2 Å². The van der Waals surface area contributed by atoms with Gasteiger partial charge in [-0.1, -0.05) is 55.4 Å². The number of hydrogen-bond acceptors (Lipinski definition) is 2. The van der Waals surface area contributed by atoms with Crippen LogP contribution in [-0.2, 0) is 9.53 Å². The van der Waals surface area contributed by atoms with Crippen LogP contribution < -0.4 is 0 Å². The number of fused-ring (bicyclic) bond motifs is 7. The molecule has 0 bridgehead atoms. The van der Waals surface area contributed by atoms with Crippen LogP contribution in [0.3, 0.4) is 0 Å². The zero-order valence-corrected chi connectivity index (χ0v) is 24.0. The van der Waals surface area contributed by atoms with Gasteiger partial charge >= 0.3 is 5.97 Å². The molecule has 2 heteroatoms. The third kappa shape index (κ3) is 3.21. The lowest BCUT2D eigenvalue weighted by atomic mass is 9.30. The molecule has 5 rings (SSSR count). The summed E-state index contributed by atoms with van der Waals surface area (Å²) in [5.74, 6) is 2.84. The van der Waals surface area contributed by atoms with Gasteiger partial charge in [0.05, 0.1) is 0 Å². The highest BCUT2D eigenvalue weighted by Crippen LogP contribution is 2.78. The van der Waals surface area contributed by atoms with Crippen LogP contribution in [0.4, 0.5) is 0 Å². The van der Waals surface area contributed by atoms with Gasteiger partial charge in [-0.3, -0.25) is 4.79 Å². The van der Waals surface area contributed by atoms with E-state index in [1.807, 2.05) is 0 Å². The van der Waals surface area contributed by atoms with Gasteiger partial charge in [0.2, 0.25) is 0 Å². The highest BCUT2D eigenvalue weighted by molar-refractivity contribution is 5.66. The fraction of sp³-hybridized carbons (Fsp3) is 0.969. The molecule has 0 aliphatic heterocycles. The predicted octanol–water partition coefficient (Wildman–Crippen LogP) is 8.82. The molecule has 0 spiro atoms. The van der Waals surface area contributed by atoms with E-state index < -0.39 is 0 Å². The number of rotatable bonds is 1. The SMILES string of the molecule is CC(=O)O[C@H]1CC[C@@H]2[C@](C)(CC[C@H]3[C@@]2(C)CC[C@@]2(C)[C@@H]4CC(C)(C)CC[C@]4(C)CC[C@]32C)[C@H]1C. The minimum Gasteiger partial charge on any atom is -0.462 e. The molecule has 5 aliphatic rings. The van der Waals surface area contributed by atoms with Gasteiger partial charge in [-0.15, -0.1) is 0 Å². The molecule has 0 saturated heterocycles. The normalized spacial score (nSPS) is 56.3. The van der Waals surface area contributed by atoms with E-state index in [0.717, 1.165) is 24.2 Å². The summed E-state index contributed by atoms with van der Waals surface area (Å²) in [6.45, 7) is 22.5. The molecular weight excluding hydrogens is 416 g/mol. The largest absolute Gasteiger partial charge is 0.462 e. The molecule has 5 saturated carbocycles. The zero-order valence-electron chi connectivity index (χ0n) is 24.0. The lowest BCUT2D eigenvalue weighted by Gasteiger charge is -2.75. The van der Waals surface area contributed by atoms with Crippen LogP contribution in [0.5, 0.6) is 0 Å². The van der Waals surface area contributed by atoms with E-state index in [0.29, 0.717) is 38.4 Å². The van der Waals surface area contributed by atoms with Crippen molar-refractivity contribution < 1.29 is 9.53 Å². The maximum atomic E-state index is 11.8. The van der Waals surface area contributed by atoms with Crippen LogP contribution >= 0.6 is 0 Å². The standard InChI is InChI=1S/C32H54O2/c1-21-23(34-22(2)33)10-11-24-29(21,6)13-12-25-30(24,7)17-19-32(9)26-20-27(3,4)14-15-28(26,5)16-18-31(25,32)8/h21,23-26H,10-20H2,1-9H3/t21-,23-,24+,25-,26+,28+,29+,30-,31+,32-/m0/s1. The monoisotopic (exact) mass is 470 g/mol. The van der Waals surface area contributed by atoms with Crippen molar-refractivity contribution in [2.75, 3.05) is 0 Å². The van der Waals surface area contributed by atoms with Crippen molar-refractivity contribution >= 4 is 5.97 Å². The Morgan fingerprint density at radius 1 is 0.676 bits per heavy atom. The molecule has 5 fully saturated rings. The molecule has 0 aromatic rings. The van der Waals surface area contributed by atoms with Crippen molar-refractivity contribution in [1.82, 2.24) is 0 Å². The lowest BCUT2D eigenvalue weighted by Crippen LogP contribution is -2.68. The number of carbonyl (C=O) groups excluding carboxylic acids is 1. The number of ether oxygens (including phenoxy) is 1. The van der Waals surface area contributed by atoms with Crippen LogP contribution in [0, 0.1) is 56.2 Å². The highest BCUT2D eigenvalue weighted by atomic mass is 16.5. The maximum Gasteiger partial charge on any atom is 0.302 e. The molecule has 34 heavy (non-hydrogen) atoms. The van der Waals surface area contributed by atoms with Crippen molar-refractivity contribution in [3.05, 3.63) is 0 Å². The molecule has 0 unspecified atom stereocenters. The van der Waals surface area contributed by atoms with Crippen LogP contribution in [0.2, 0.25) is 0 Å². The zero-order chi connectivity index (χ0) is 24.9. The van der Waals surface area contributed by atoms with Crippen LogP contribution in [-0.4, -0.2) is 12.1 Å². The Morgan fingerprint density at radius 3 is 1.97 bits per heavy atom. The Balaban J connectivity index is 1.49. The number of carbonyl (C=O) groups is 1. The summed E-state index contributed by atoms with van der Waals surface area (Å²) >= 11 is 0. The minimum absolute atomic E-state index is 0.0968. The van der Waals surface area contributed by atoms with Gasteiger partial charge in [-0.25, -0.2) is 0 Å². The molecule has 10 atom stereocenters. The van der Waals surface area contributed by atoms with Crippen molar-refractivity contribution in [2.45, 2.75) is 139 Å². The van der Waals surface area contributed by atoms with Crippen molar-refractivity contribution in [3.8, 4) is 0 Å². The topological polar surface area (TPSA) is 26.3 Å². The Labute approximate surface area is 210 Å². The Kier molecular flexibility index (Phi) is 5.55. The quantitative estimate of drug-likeness (QED) is 0.358. The highest BCUT2D eigenvalue weighted by Gasteiger charge is 2.70. The van der Waals surface area contributed by atoms with E-state index in [1.54, 1.807) is 6.92 Å². The van der Waals surface area contributed by atoms with E-state index in [4.69, 9.17) is 4.74 Å². The fourth-order valence-electron chi connectivity index (χ4n) is 11.7. The summed E-state index contributed by atoms with van der Waals surface area (Å²) in [6.07, 6.45) is 15.1. The Bertz CT molecular complexity index is 846. The summed E-state index contributed by atoms with van der Waals surface area (Å²) in [5.41, 5.74) is 2.70. The molecule has 2 nitrogen and oxygen atoms in total. The van der Waals surface area contributed by atoms with Crippen LogP contribution in [0.15, 0.2) is 0 Å². The predicted molar refractivity (Wildman–Crippen MR) is 140 cm³/mol. The smallest absolute Gasteiger partial charge is 0.302 e. The third-order valence-corrected chi connectivity index (χ3v) is 14.2. The molecule has 0 heterocycles. The summed E-state index contributed by atoms with van der Waals surface area (Å²) in [7, 11) is 0. The second-order valence-corrected chi connectivity index (χ2v) is 16.1. The van der Waals surface area contributed by atoms with E-state index >= 15 is 0 Å². The van der Waals surface area contributed by atoms with Crippen LogP contribution in [0.1, 0.15) is 133 Å². The van der Waals surface area contributed by atoms with Gasteiger partial charge in [0.1, 0.15) is 6.10 Å². The first-order chi connectivity index (χ1) is 15.6. The van der Waals surface area contributed by atoms with Crippen molar-refractivity contribution in [2.24, 2.45) is 56.2 Å². The molecule has 0 amide bonds. The number of hydrogen-bond donors (Lipinski definition) is 0. The Morgan fingerprint density at radius 2 is 1.29 bits per heavy atom.